The Balaban J connectivity index is 1.93. The molecule has 2 aromatic carbocycles. The van der Waals surface area contributed by atoms with Crippen molar-refractivity contribution >= 4 is 11.6 Å². The Morgan fingerprint density at radius 3 is 2.52 bits per heavy atom. The van der Waals surface area contributed by atoms with Crippen molar-refractivity contribution in [2.45, 2.75) is 26.3 Å². The number of hydrogen-bond acceptors (Lipinski definition) is 4. The number of benzene rings is 2. The molecule has 5 heteroatoms. The van der Waals surface area contributed by atoms with E-state index in [1.165, 1.54) is 0 Å². The summed E-state index contributed by atoms with van der Waals surface area (Å²) >= 11 is 0. The zero-order valence-electron chi connectivity index (χ0n) is 15.4. The molecule has 1 amide bonds. The summed E-state index contributed by atoms with van der Waals surface area (Å²) in [5.41, 5.74) is 5.69. The first-order valence-corrected chi connectivity index (χ1v) is 9.15. The van der Waals surface area contributed by atoms with E-state index in [4.69, 9.17) is 9.52 Å². The molecule has 0 saturated carbocycles. The Hall–Kier alpha value is -3.21. The lowest BCUT2D eigenvalue weighted by Gasteiger charge is -2.12. The van der Waals surface area contributed by atoms with Gasteiger partial charge in [0.25, 0.3) is 0 Å². The first-order valence-electron chi connectivity index (χ1n) is 9.15. The zero-order valence-corrected chi connectivity index (χ0v) is 15.4. The summed E-state index contributed by atoms with van der Waals surface area (Å²) in [6.07, 6.45) is 0.222. The minimum absolute atomic E-state index is 0.0513. The number of aryl methyl sites for hydroxylation is 1. The zero-order chi connectivity index (χ0) is 18.8. The first kappa shape index (κ1) is 17.2. The summed E-state index contributed by atoms with van der Waals surface area (Å²) in [4.78, 5) is 17.3. The van der Waals surface area contributed by atoms with Crippen LogP contribution in [0.25, 0.3) is 11.1 Å². The molecular formula is C22H21N3O2. The Kier molecular flexibility index (Phi) is 4.59. The molecule has 2 heterocycles. The van der Waals surface area contributed by atoms with Gasteiger partial charge in [0.2, 0.25) is 5.91 Å². The van der Waals surface area contributed by atoms with Crippen molar-refractivity contribution in [1.82, 2.24) is 10.5 Å². The van der Waals surface area contributed by atoms with Gasteiger partial charge in [-0.05, 0) is 19.4 Å². The average molecular weight is 359 g/mol. The fourth-order valence-electron chi connectivity index (χ4n) is 3.54. The van der Waals surface area contributed by atoms with Gasteiger partial charge in [0.1, 0.15) is 6.04 Å². The number of amides is 1. The van der Waals surface area contributed by atoms with Crippen LogP contribution in [0.2, 0.25) is 0 Å². The van der Waals surface area contributed by atoms with Crippen LogP contribution in [0.1, 0.15) is 42.0 Å². The molecule has 1 aliphatic rings. The number of aromatic nitrogens is 1. The number of hydrogen-bond donors (Lipinski definition) is 1. The van der Waals surface area contributed by atoms with E-state index >= 15 is 0 Å². The highest BCUT2D eigenvalue weighted by atomic mass is 16.5. The maximum absolute atomic E-state index is 12.3. The van der Waals surface area contributed by atoms with Crippen LogP contribution in [0.3, 0.4) is 0 Å². The Morgan fingerprint density at radius 1 is 1.07 bits per heavy atom. The summed E-state index contributed by atoms with van der Waals surface area (Å²) in [6.45, 7) is 4.42. The standard InChI is InChI=1S/C22H21N3O2/c1-3-23-19(26)13-18-22-20(14(2)25-27-22)16-11-7-8-12-17(16)21(24-18)15-9-5-4-6-10-15/h4-12,18H,3,13H2,1-2H3,(H,23,26)/t18-/m0/s1. The number of rotatable bonds is 4. The third-order valence-electron chi connectivity index (χ3n) is 4.73. The molecule has 3 aromatic rings. The highest BCUT2D eigenvalue weighted by Gasteiger charge is 2.31. The van der Waals surface area contributed by atoms with Gasteiger partial charge in [-0.15, -0.1) is 0 Å². The second kappa shape index (κ2) is 7.19. The fraction of sp³-hybridized carbons (Fsp3) is 0.227. The SMILES string of the molecule is CCNC(=O)C[C@@H]1N=C(c2ccccc2)c2ccccc2-c2c(C)noc21. The smallest absolute Gasteiger partial charge is 0.222 e. The lowest BCUT2D eigenvalue weighted by atomic mass is 9.93. The van der Waals surface area contributed by atoms with Gasteiger partial charge in [-0.1, -0.05) is 59.8 Å². The average Bonchev–Trinajstić information content (AvgIpc) is 3.01. The minimum Gasteiger partial charge on any atom is -0.358 e. The molecule has 0 fully saturated rings. The van der Waals surface area contributed by atoms with Gasteiger partial charge in [-0.25, -0.2) is 0 Å². The van der Waals surface area contributed by atoms with Gasteiger partial charge in [0, 0.05) is 17.7 Å². The number of carbonyl (C=O) groups is 1. The number of nitrogens with zero attached hydrogens (tertiary/aromatic N) is 2. The molecule has 0 unspecified atom stereocenters. The van der Waals surface area contributed by atoms with Crippen LogP contribution in [0.5, 0.6) is 0 Å². The van der Waals surface area contributed by atoms with E-state index in [-0.39, 0.29) is 12.3 Å². The topological polar surface area (TPSA) is 67.5 Å². The highest BCUT2D eigenvalue weighted by molar-refractivity contribution is 6.17. The number of nitrogens with one attached hydrogen (secondary N) is 1. The number of aliphatic imine (C=N–C) groups is 1. The van der Waals surface area contributed by atoms with E-state index in [0.717, 1.165) is 33.7 Å². The largest absolute Gasteiger partial charge is 0.358 e. The summed E-state index contributed by atoms with van der Waals surface area (Å²) in [5.74, 6) is 0.599. The summed E-state index contributed by atoms with van der Waals surface area (Å²) in [6, 6.07) is 17.8. The van der Waals surface area contributed by atoms with Crippen molar-refractivity contribution in [3.63, 3.8) is 0 Å². The second-order valence-electron chi connectivity index (χ2n) is 6.57. The molecule has 1 N–H and O–H groups in total. The Morgan fingerprint density at radius 2 is 1.78 bits per heavy atom. The van der Waals surface area contributed by atoms with Crippen molar-refractivity contribution in [3.8, 4) is 11.1 Å². The van der Waals surface area contributed by atoms with Crippen molar-refractivity contribution in [2.24, 2.45) is 4.99 Å². The highest BCUT2D eigenvalue weighted by Crippen LogP contribution is 2.40. The quantitative estimate of drug-likeness (QED) is 0.763. The molecule has 0 bridgehead atoms. The van der Waals surface area contributed by atoms with E-state index in [0.29, 0.717) is 12.3 Å². The van der Waals surface area contributed by atoms with Gasteiger partial charge in [-0.2, -0.15) is 0 Å². The van der Waals surface area contributed by atoms with Crippen LogP contribution in [0.15, 0.2) is 64.1 Å². The van der Waals surface area contributed by atoms with E-state index in [1.807, 2.05) is 56.3 Å². The molecule has 27 heavy (non-hydrogen) atoms. The van der Waals surface area contributed by atoms with E-state index in [1.54, 1.807) is 0 Å². The summed E-state index contributed by atoms with van der Waals surface area (Å²) in [5, 5.41) is 7.02. The van der Waals surface area contributed by atoms with E-state index < -0.39 is 6.04 Å². The Labute approximate surface area is 158 Å². The lowest BCUT2D eigenvalue weighted by molar-refractivity contribution is -0.121. The normalized spacial score (nSPS) is 15.3. The van der Waals surface area contributed by atoms with Gasteiger partial charge in [0.15, 0.2) is 5.76 Å². The van der Waals surface area contributed by atoms with Crippen LogP contribution in [0, 0.1) is 6.92 Å². The maximum Gasteiger partial charge on any atom is 0.222 e. The third kappa shape index (κ3) is 3.16. The van der Waals surface area contributed by atoms with E-state index in [2.05, 4.69) is 22.6 Å². The molecule has 0 spiro atoms. The van der Waals surface area contributed by atoms with Crippen molar-refractivity contribution in [3.05, 3.63) is 77.2 Å². The van der Waals surface area contributed by atoms with Crippen LogP contribution < -0.4 is 5.32 Å². The maximum atomic E-state index is 12.3. The van der Waals surface area contributed by atoms with Crippen LogP contribution in [0.4, 0.5) is 0 Å². The van der Waals surface area contributed by atoms with Crippen LogP contribution in [-0.4, -0.2) is 23.3 Å². The summed E-state index contributed by atoms with van der Waals surface area (Å²) < 4.78 is 5.66. The van der Waals surface area contributed by atoms with Gasteiger partial charge >= 0.3 is 0 Å². The lowest BCUT2D eigenvalue weighted by Crippen LogP contribution is -2.24. The minimum atomic E-state index is -0.421. The molecule has 0 saturated heterocycles. The summed E-state index contributed by atoms with van der Waals surface area (Å²) in [7, 11) is 0. The molecule has 1 aromatic heterocycles. The molecule has 1 aliphatic heterocycles. The Bertz CT molecular complexity index is 1010. The third-order valence-corrected chi connectivity index (χ3v) is 4.73. The van der Waals surface area contributed by atoms with Crippen molar-refractivity contribution in [2.75, 3.05) is 6.54 Å². The molecule has 4 rings (SSSR count). The molecule has 0 aliphatic carbocycles. The van der Waals surface area contributed by atoms with Crippen LogP contribution >= 0.6 is 0 Å². The fourth-order valence-corrected chi connectivity index (χ4v) is 3.54. The van der Waals surface area contributed by atoms with E-state index in [9.17, 15) is 4.79 Å². The van der Waals surface area contributed by atoms with Gasteiger partial charge < -0.3 is 9.84 Å². The van der Waals surface area contributed by atoms with Crippen LogP contribution in [-0.2, 0) is 4.79 Å². The monoisotopic (exact) mass is 359 g/mol. The molecule has 0 radical (unpaired) electrons. The first-order chi connectivity index (χ1) is 13.2. The number of fused-ring (bicyclic) bond motifs is 3. The molecule has 1 atom stereocenters. The second-order valence-corrected chi connectivity index (χ2v) is 6.57. The molecule has 5 nitrogen and oxygen atoms in total. The van der Waals surface area contributed by atoms with Gasteiger partial charge in [-0.3, -0.25) is 9.79 Å². The van der Waals surface area contributed by atoms with Crippen molar-refractivity contribution in [1.29, 1.82) is 0 Å². The molecule has 136 valence electrons. The predicted molar refractivity (Wildman–Crippen MR) is 105 cm³/mol. The van der Waals surface area contributed by atoms with Crippen molar-refractivity contribution < 1.29 is 9.32 Å². The predicted octanol–water partition coefficient (Wildman–Crippen LogP) is 4.07. The number of carbonyl (C=O) groups excluding carboxylic acids is 1. The molecular weight excluding hydrogens is 338 g/mol. The van der Waals surface area contributed by atoms with Gasteiger partial charge in [0.05, 0.1) is 23.4 Å².